The van der Waals surface area contributed by atoms with E-state index in [1.165, 1.54) is 15.3 Å². The molecule has 1 aliphatic rings. The molecular formula is C16H22N6O3S2. The van der Waals surface area contributed by atoms with E-state index < -0.39 is 16.1 Å². The number of benzene rings is 1. The number of rotatable bonds is 8. The van der Waals surface area contributed by atoms with Gasteiger partial charge in [0.15, 0.2) is 0 Å². The van der Waals surface area contributed by atoms with E-state index in [9.17, 15) is 13.2 Å². The summed E-state index contributed by atoms with van der Waals surface area (Å²) >= 11 is 1.75. The number of nitrogens with zero attached hydrogens (tertiary/aromatic N) is 5. The van der Waals surface area contributed by atoms with Crippen LogP contribution < -0.4 is 5.32 Å². The lowest BCUT2D eigenvalue weighted by atomic mass is 10.1. The van der Waals surface area contributed by atoms with Crippen LogP contribution in [0.2, 0.25) is 0 Å². The fourth-order valence-corrected chi connectivity index (χ4v) is 5.32. The minimum Gasteiger partial charge on any atom is -0.353 e. The Bertz CT molecular complexity index is 823. The number of hydrogen-bond donors (Lipinski definition) is 1. The van der Waals surface area contributed by atoms with Crippen LogP contribution in [0.3, 0.4) is 0 Å². The van der Waals surface area contributed by atoms with E-state index in [1.54, 1.807) is 11.8 Å². The lowest BCUT2D eigenvalue weighted by Gasteiger charge is -2.25. The number of nitrogens with one attached hydrogen (secondary N) is 1. The van der Waals surface area contributed by atoms with Crippen LogP contribution in [0.25, 0.3) is 0 Å². The van der Waals surface area contributed by atoms with Crippen molar-refractivity contribution < 1.29 is 13.2 Å². The Hall–Kier alpha value is -1.98. The molecular weight excluding hydrogens is 388 g/mol. The molecule has 2 aromatic rings. The number of hydrogen-bond acceptors (Lipinski definition) is 7. The van der Waals surface area contributed by atoms with Gasteiger partial charge in [0, 0.05) is 37.6 Å². The fourth-order valence-electron chi connectivity index (χ4n) is 2.83. The van der Waals surface area contributed by atoms with Gasteiger partial charge in [-0.15, -0.1) is 5.10 Å². The molecule has 11 heteroatoms. The van der Waals surface area contributed by atoms with Crippen LogP contribution in [0.4, 0.5) is 0 Å². The van der Waals surface area contributed by atoms with E-state index in [1.807, 2.05) is 30.3 Å². The zero-order chi connectivity index (χ0) is 19.1. The Balaban J connectivity index is 1.59. The maximum Gasteiger partial charge on any atom is 0.245 e. The molecule has 9 nitrogen and oxygen atoms in total. The Morgan fingerprint density at radius 2 is 1.96 bits per heavy atom. The summed E-state index contributed by atoms with van der Waals surface area (Å²) < 4.78 is 27.7. The zero-order valence-electron chi connectivity index (χ0n) is 14.8. The molecule has 1 amide bonds. The molecule has 2 heterocycles. The lowest BCUT2D eigenvalue weighted by Crippen LogP contribution is -2.43. The molecule has 1 atom stereocenters. The highest BCUT2D eigenvalue weighted by atomic mass is 32.2. The molecule has 0 saturated carbocycles. The number of carbonyl (C=O) groups is 1. The Morgan fingerprint density at radius 3 is 2.63 bits per heavy atom. The molecule has 0 aliphatic carbocycles. The first kappa shape index (κ1) is 19.8. The number of amides is 1. The van der Waals surface area contributed by atoms with E-state index >= 15 is 0 Å². The number of carbonyl (C=O) groups excluding carboxylic acids is 1. The molecule has 0 bridgehead atoms. The Labute approximate surface area is 162 Å². The molecule has 1 aromatic heterocycles. The van der Waals surface area contributed by atoms with Gasteiger partial charge in [0.2, 0.25) is 15.9 Å². The number of aromatic nitrogens is 4. The van der Waals surface area contributed by atoms with Crippen molar-refractivity contribution in [2.24, 2.45) is 0 Å². The SMILES string of the molecule is O=C(NCCS(=O)(=O)N1CCSCC1)[C@H](Cc1ccccc1)n1cnnn1. The molecule has 1 saturated heterocycles. The molecule has 0 radical (unpaired) electrons. The highest BCUT2D eigenvalue weighted by Gasteiger charge is 2.26. The first-order chi connectivity index (χ1) is 13.1. The predicted octanol–water partition coefficient (Wildman–Crippen LogP) is -0.0483. The van der Waals surface area contributed by atoms with Gasteiger partial charge in [-0.25, -0.2) is 17.4 Å². The largest absolute Gasteiger partial charge is 0.353 e. The number of tetrazole rings is 1. The summed E-state index contributed by atoms with van der Waals surface area (Å²) in [5.41, 5.74) is 0.964. The molecule has 146 valence electrons. The molecule has 1 aliphatic heterocycles. The Kier molecular flexibility index (Phi) is 6.80. The van der Waals surface area contributed by atoms with E-state index in [0.29, 0.717) is 19.5 Å². The number of thioether (sulfide) groups is 1. The normalized spacial score (nSPS) is 16.7. The second-order valence-corrected chi connectivity index (χ2v) is 9.43. The molecule has 1 fully saturated rings. The monoisotopic (exact) mass is 410 g/mol. The van der Waals surface area contributed by atoms with Gasteiger partial charge >= 0.3 is 0 Å². The second-order valence-electron chi connectivity index (χ2n) is 6.11. The predicted molar refractivity (Wildman–Crippen MR) is 103 cm³/mol. The summed E-state index contributed by atoms with van der Waals surface area (Å²) in [5.74, 6) is 1.20. The Morgan fingerprint density at radius 1 is 1.22 bits per heavy atom. The average molecular weight is 411 g/mol. The first-order valence-corrected chi connectivity index (χ1v) is 11.4. The fraction of sp³-hybridized carbons (Fsp3) is 0.500. The molecule has 0 spiro atoms. The van der Waals surface area contributed by atoms with Gasteiger partial charge in [0.25, 0.3) is 0 Å². The van der Waals surface area contributed by atoms with Crippen LogP contribution in [0.5, 0.6) is 0 Å². The first-order valence-electron chi connectivity index (χ1n) is 8.66. The van der Waals surface area contributed by atoms with Crippen LogP contribution >= 0.6 is 11.8 Å². The van der Waals surface area contributed by atoms with E-state index in [2.05, 4.69) is 20.8 Å². The van der Waals surface area contributed by atoms with Crippen LogP contribution in [-0.2, 0) is 21.2 Å². The molecule has 0 unspecified atom stereocenters. The maximum absolute atomic E-state index is 12.7. The summed E-state index contributed by atoms with van der Waals surface area (Å²) in [5, 5.41) is 13.7. The van der Waals surface area contributed by atoms with Gasteiger partial charge < -0.3 is 5.32 Å². The van der Waals surface area contributed by atoms with Crippen molar-refractivity contribution in [2.45, 2.75) is 12.5 Å². The number of sulfonamides is 1. The third-order valence-electron chi connectivity index (χ3n) is 4.28. The minimum atomic E-state index is -3.36. The standard InChI is InChI=1S/C16H22N6O3S2/c23-16(17-6-11-27(24,25)21-7-9-26-10-8-21)15(22-13-18-19-20-22)12-14-4-2-1-3-5-14/h1-5,13,15H,6-12H2,(H,17,23)/t15-/m0/s1. The molecule has 27 heavy (non-hydrogen) atoms. The van der Waals surface area contributed by atoms with Crippen LogP contribution in [0.1, 0.15) is 11.6 Å². The van der Waals surface area contributed by atoms with Crippen molar-refractivity contribution in [3.05, 3.63) is 42.2 Å². The van der Waals surface area contributed by atoms with Gasteiger partial charge in [0.05, 0.1) is 5.75 Å². The smallest absolute Gasteiger partial charge is 0.245 e. The maximum atomic E-state index is 12.7. The second kappa shape index (κ2) is 9.29. The summed E-state index contributed by atoms with van der Waals surface area (Å²) in [4.78, 5) is 12.7. The summed E-state index contributed by atoms with van der Waals surface area (Å²) in [6, 6.07) is 8.89. The van der Waals surface area contributed by atoms with Crippen LogP contribution in [-0.4, -0.2) is 75.7 Å². The van der Waals surface area contributed by atoms with Crippen molar-refractivity contribution in [1.29, 1.82) is 0 Å². The van der Waals surface area contributed by atoms with Crippen LogP contribution in [0.15, 0.2) is 36.7 Å². The quantitative estimate of drug-likeness (QED) is 0.650. The molecule has 3 rings (SSSR count). The summed E-state index contributed by atoms with van der Waals surface area (Å²) in [6.45, 7) is 1.11. The third-order valence-corrected chi connectivity index (χ3v) is 7.10. The summed E-state index contributed by atoms with van der Waals surface area (Å²) in [7, 11) is -3.36. The van der Waals surface area contributed by atoms with Crippen molar-refractivity contribution in [2.75, 3.05) is 36.9 Å². The third kappa shape index (κ3) is 5.50. The van der Waals surface area contributed by atoms with Crippen molar-refractivity contribution in [1.82, 2.24) is 29.8 Å². The van der Waals surface area contributed by atoms with Crippen molar-refractivity contribution in [3.63, 3.8) is 0 Å². The average Bonchev–Trinajstić information content (AvgIpc) is 3.22. The highest BCUT2D eigenvalue weighted by Crippen LogP contribution is 2.14. The van der Waals surface area contributed by atoms with E-state index in [4.69, 9.17) is 0 Å². The topological polar surface area (TPSA) is 110 Å². The van der Waals surface area contributed by atoms with Gasteiger partial charge in [-0.05, 0) is 16.0 Å². The zero-order valence-corrected chi connectivity index (χ0v) is 16.4. The summed E-state index contributed by atoms with van der Waals surface area (Å²) in [6.07, 6.45) is 1.79. The minimum absolute atomic E-state index is 0.0538. The molecule has 1 N–H and O–H groups in total. The molecule has 1 aromatic carbocycles. The lowest BCUT2D eigenvalue weighted by molar-refractivity contribution is -0.124. The van der Waals surface area contributed by atoms with Gasteiger partial charge in [-0.2, -0.15) is 11.8 Å². The van der Waals surface area contributed by atoms with Crippen molar-refractivity contribution in [3.8, 4) is 0 Å². The van der Waals surface area contributed by atoms with Gasteiger partial charge in [-0.3, -0.25) is 4.79 Å². The highest BCUT2D eigenvalue weighted by molar-refractivity contribution is 7.99. The van der Waals surface area contributed by atoms with Gasteiger partial charge in [0.1, 0.15) is 12.4 Å². The van der Waals surface area contributed by atoms with Crippen molar-refractivity contribution >= 4 is 27.7 Å². The van der Waals surface area contributed by atoms with Gasteiger partial charge in [-0.1, -0.05) is 30.3 Å². The van der Waals surface area contributed by atoms with E-state index in [-0.39, 0.29) is 18.2 Å². The van der Waals surface area contributed by atoms with Crippen LogP contribution in [0, 0.1) is 0 Å². The van der Waals surface area contributed by atoms with E-state index in [0.717, 1.165) is 17.1 Å².